The number of nitrogens with zero attached hydrogens (tertiary/aromatic N) is 1. The molecule has 7 heteroatoms. The average Bonchev–Trinajstić information content (AvgIpc) is 1.98. The van der Waals surface area contributed by atoms with Crippen molar-refractivity contribution in [2.45, 2.75) is 11.8 Å². The molecule has 0 radical (unpaired) electrons. The van der Waals surface area contributed by atoms with Crippen LogP contribution >= 0.6 is 28.0 Å². The molecule has 0 saturated carbocycles. The predicted molar refractivity (Wildman–Crippen MR) is 42.8 cm³/mol. The van der Waals surface area contributed by atoms with E-state index in [1.54, 1.807) is 0 Å². The van der Waals surface area contributed by atoms with Gasteiger partial charge >= 0.3 is 6.18 Å². The molecule has 0 heterocycles. The molecule has 1 unspecified atom stereocenters. The Bertz CT molecular complexity index is 192. The van der Waals surface area contributed by atoms with Gasteiger partial charge in [-0.3, -0.25) is 4.18 Å². The summed E-state index contributed by atoms with van der Waals surface area (Å²) >= 11 is 3.10. The quantitative estimate of drug-likeness (QED) is 0.580. The van der Waals surface area contributed by atoms with Crippen molar-refractivity contribution in [2.24, 2.45) is 0 Å². The minimum atomic E-state index is -4.69. The molecule has 1 atom stereocenters. The van der Waals surface area contributed by atoms with E-state index < -0.39 is 17.1 Å². The number of alkyl halides is 4. The molecule has 0 aliphatic carbocycles. The smallest absolute Gasteiger partial charge is 0.283 e. The Morgan fingerprint density at radius 2 is 2.08 bits per heavy atom. The second kappa shape index (κ2) is 4.35. The SMILES string of the molecule is CSOC(C#N)(CBr)C(F)(F)F. The molecule has 0 bridgehead atoms. The maximum absolute atomic E-state index is 12.2. The molecule has 0 aromatic carbocycles. The molecule has 0 aliphatic rings. The standard InChI is InChI=1S/C5H5BrF3NOS/c1-12-11-4(2-6,3-10)5(7,8)9/h2H2,1H3. The molecular formula is C5H5BrF3NOS. The molecule has 0 rings (SSSR count). The van der Waals surface area contributed by atoms with E-state index in [9.17, 15) is 13.2 Å². The highest BCUT2D eigenvalue weighted by molar-refractivity contribution is 9.09. The topological polar surface area (TPSA) is 33.0 Å². The van der Waals surface area contributed by atoms with Gasteiger partial charge in [-0.25, -0.2) is 0 Å². The summed E-state index contributed by atoms with van der Waals surface area (Å²) in [6.07, 6.45) is -3.37. The van der Waals surface area contributed by atoms with Gasteiger partial charge in [0.25, 0.3) is 5.60 Å². The third-order valence-electron chi connectivity index (χ3n) is 1.05. The Kier molecular flexibility index (Phi) is 4.37. The fraction of sp³-hybridized carbons (Fsp3) is 0.800. The average molecular weight is 264 g/mol. The van der Waals surface area contributed by atoms with Crippen LogP contribution in [0, 0.1) is 11.3 Å². The van der Waals surface area contributed by atoms with Crippen molar-refractivity contribution >= 4 is 28.0 Å². The van der Waals surface area contributed by atoms with Crippen molar-refractivity contribution in [3.05, 3.63) is 0 Å². The van der Waals surface area contributed by atoms with Gasteiger partial charge < -0.3 is 0 Å². The molecule has 0 amide bonds. The third kappa shape index (κ3) is 2.28. The first-order valence-electron chi connectivity index (χ1n) is 2.69. The zero-order valence-electron chi connectivity index (χ0n) is 5.98. The van der Waals surface area contributed by atoms with Crippen molar-refractivity contribution in [1.82, 2.24) is 0 Å². The van der Waals surface area contributed by atoms with E-state index in [-0.39, 0.29) is 0 Å². The highest BCUT2D eigenvalue weighted by atomic mass is 79.9. The Labute approximate surface area is 80.4 Å². The summed E-state index contributed by atoms with van der Waals surface area (Å²) in [6.45, 7) is 0. The molecule has 0 aromatic heterocycles. The first kappa shape index (κ1) is 12.1. The molecule has 12 heavy (non-hydrogen) atoms. The van der Waals surface area contributed by atoms with Crippen molar-refractivity contribution < 1.29 is 17.4 Å². The zero-order valence-corrected chi connectivity index (χ0v) is 8.39. The second-order valence-corrected chi connectivity index (χ2v) is 2.88. The van der Waals surface area contributed by atoms with Crippen LogP contribution in [0.3, 0.4) is 0 Å². The molecular weight excluding hydrogens is 259 g/mol. The summed E-state index contributed by atoms with van der Waals surface area (Å²) in [5.74, 6) is 0. The summed E-state index contributed by atoms with van der Waals surface area (Å²) in [5.41, 5.74) is -2.74. The Balaban J connectivity index is 4.73. The van der Waals surface area contributed by atoms with E-state index in [1.165, 1.54) is 6.26 Å². The van der Waals surface area contributed by atoms with Crippen LogP contribution < -0.4 is 0 Å². The van der Waals surface area contributed by atoms with Crippen LogP contribution in [0.2, 0.25) is 0 Å². The van der Waals surface area contributed by atoms with Gasteiger partial charge in [-0.15, -0.1) is 0 Å². The first-order chi connectivity index (χ1) is 5.43. The van der Waals surface area contributed by atoms with E-state index in [0.29, 0.717) is 12.0 Å². The highest BCUT2D eigenvalue weighted by Gasteiger charge is 2.57. The summed E-state index contributed by atoms with van der Waals surface area (Å²) in [7, 11) is 0. The van der Waals surface area contributed by atoms with Crippen LogP contribution in [-0.4, -0.2) is 23.4 Å². The molecule has 70 valence electrons. The summed E-state index contributed by atoms with van der Waals surface area (Å²) in [6, 6.07) is 1.09. The van der Waals surface area contributed by atoms with E-state index in [1.807, 2.05) is 0 Å². The summed E-state index contributed by atoms with van der Waals surface area (Å²) < 4.78 is 40.8. The van der Waals surface area contributed by atoms with E-state index in [0.717, 1.165) is 6.07 Å². The van der Waals surface area contributed by atoms with Crippen molar-refractivity contribution in [3.8, 4) is 6.07 Å². The lowest BCUT2D eigenvalue weighted by atomic mass is 10.1. The van der Waals surface area contributed by atoms with E-state index in [2.05, 4.69) is 20.1 Å². The van der Waals surface area contributed by atoms with Gasteiger partial charge in [0.05, 0.1) is 5.33 Å². The van der Waals surface area contributed by atoms with Gasteiger partial charge in [-0.05, 0) is 12.0 Å². The Morgan fingerprint density at radius 3 is 2.17 bits per heavy atom. The largest absolute Gasteiger partial charge is 0.433 e. The van der Waals surface area contributed by atoms with E-state index in [4.69, 9.17) is 5.26 Å². The number of hydrogen-bond donors (Lipinski definition) is 0. The van der Waals surface area contributed by atoms with Crippen LogP contribution in [0.25, 0.3) is 0 Å². The maximum atomic E-state index is 12.2. The minimum Gasteiger partial charge on any atom is -0.283 e. The Hall–Kier alpha value is 0.0700. The van der Waals surface area contributed by atoms with E-state index >= 15 is 0 Å². The van der Waals surface area contributed by atoms with Gasteiger partial charge in [0.2, 0.25) is 0 Å². The number of hydrogen-bond acceptors (Lipinski definition) is 3. The van der Waals surface area contributed by atoms with Gasteiger partial charge in [0.1, 0.15) is 6.07 Å². The van der Waals surface area contributed by atoms with Crippen LogP contribution in [0.1, 0.15) is 0 Å². The zero-order chi connectivity index (χ0) is 9.83. The third-order valence-corrected chi connectivity index (χ3v) is 2.29. The number of rotatable bonds is 3. The lowest BCUT2D eigenvalue weighted by Gasteiger charge is -2.25. The number of halogens is 4. The first-order valence-corrected chi connectivity index (χ1v) is 4.96. The second-order valence-electron chi connectivity index (χ2n) is 1.82. The molecule has 0 fully saturated rings. The van der Waals surface area contributed by atoms with Crippen LogP contribution in [-0.2, 0) is 4.18 Å². The lowest BCUT2D eigenvalue weighted by Crippen LogP contribution is -2.46. The normalized spacial score (nSPS) is 16.7. The van der Waals surface area contributed by atoms with Crippen LogP contribution in [0.5, 0.6) is 0 Å². The lowest BCUT2D eigenvalue weighted by molar-refractivity contribution is -0.212. The van der Waals surface area contributed by atoms with Crippen molar-refractivity contribution in [2.75, 3.05) is 11.6 Å². The highest BCUT2D eigenvalue weighted by Crippen LogP contribution is 2.36. The minimum absolute atomic E-state index is 0.512. The monoisotopic (exact) mass is 263 g/mol. The fourth-order valence-corrected chi connectivity index (χ4v) is 1.58. The molecule has 2 nitrogen and oxygen atoms in total. The maximum Gasteiger partial charge on any atom is 0.433 e. The molecule has 0 aromatic rings. The molecule has 0 saturated heterocycles. The van der Waals surface area contributed by atoms with Crippen LogP contribution in [0.4, 0.5) is 13.2 Å². The van der Waals surface area contributed by atoms with Gasteiger partial charge in [0, 0.05) is 6.26 Å². The van der Waals surface area contributed by atoms with Crippen LogP contribution in [0.15, 0.2) is 0 Å². The summed E-state index contributed by atoms with van der Waals surface area (Å²) in [4.78, 5) is 0. The predicted octanol–water partition coefficient (Wildman–Crippen LogP) is 2.50. The number of nitriles is 1. The van der Waals surface area contributed by atoms with Crippen molar-refractivity contribution in [3.63, 3.8) is 0 Å². The molecule has 0 spiro atoms. The van der Waals surface area contributed by atoms with Gasteiger partial charge in [0.15, 0.2) is 0 Å². The van der Waals surface area contributed by atoms with Gasteiger partial charge in [-0.1, -0.05) is 15.9 Å². The van der Waals surface area contributed by atoms with Gasteiger partial charge in [-0.2, -0.15) is 18.4 Å². The Morgan fingerprint density at radius 1 is 1.58 bits per heavy atom. The fourth-order valence-electron chi connectivity index (χ4n) is 0.399. The summed E-state index contributed by atoms with van der Waals surface area (Å²) in [5, 5.41) is 7.71. The van der Waals surface area contributed by atoms with Crippen molar-refractivity contribution in [1.29, 1.82) is 5.26 Å². The molecule has 0 aliphatic heterocycles. The molecule has 0 N–H and O–H groups in total.